The minimum absolute atomic E-state index is 0.0167. The fraction of sp³-hybridized carbons (Fsp3) is 0.562. The number of benzene rings is 1. The summed E-state index contributed by atoms with van der Waals surface area (Å²) in [4.78, 5) is 12.1. The molecule has 2 aliphatic rings. The molecule has 2 fully saturated rings. The minimum Gasteiger partial charge on any atom is -0.368 e. The highest BCUT2D eigenvalue weighted by molar-refractivity contribution is 5.94. The zero-order valence-electron chi connectivity index (χ0n) is 11.7. The van der Waals surface area contributed by atoms with Gasteiger partial charge >= 0.3 is 0 Å². The fourth-order valence-corrected chi connectivity index (χ4v) is 2.48. The minimum atomic E-state index is -0.281. The van der Waals surface area contributed by atoms with Gasteiger partial charge in [-0.05, 0) is 49.8 Å². The number of hydrogen-bond donors (Lipinski definition) is 2. The summed E-state index contributed by atoms with van der Waals surface area (Å²) in [5.41, 5.74) is 2.07. The molecule has 2 N–H and O–H groups in total. The SMILES string of the molecule is O=C(Nc1cccc(CNC2CC2)c1)C1CCCCO1. The van der Waals surface area contributed by atoms with E-state index in [-0.39, 0.29) is 12.0 Å². The Labute approximate surface area is 119 Å². The number of carbonyl (C=O) groups is 1. The van der Waals surface area contributed by atoms with Gasteiger partial charge in [-0.15, -0.1) is 0 Å². The molecular weight excluding hydrogens is 252 g/mol. The van der Waals surface area contributed by atoms with E-state index in [4.69, 9.17) is 4.74 Å². The lowest BCUT2D eigenvalue weighted by molar-refractivity contribution is -0.129. The van der Waals surface area contributed by atoms with E-state index in [2.05, 4.69) is 16.7 Å². The van der Waals surface area contributed by atoms with Crippen LogP contribution in [0.25, 0.3) is 0 Å². The van der Waals surface area contributed by atoms with Crippen molar-refractivity contribution in [1.82, 2.24) is 5.32 Å². The van der Waals surface area contributed by atoms with Gasteiger partial charge in [-0.3, -0.25) is 4.79 Å². The molecule has 0 spiro atoms. The molecule has 1 aliphatic heterocycles. The van der Waals surface area contributed by atoms with Gasteiger partial charge in [-0.2, -0.15) is 0 Å². The molecule has 0 radical (unpaired) electrons. The highest BCUT2D eigenvalue weighted by atomic mass is 16.5. The third-order valence-electron chi connectivity index (χ3n) is 3.84. The summed E-state index contributed by atoms with van der Waals surface area (Å²) in [7, 11) is 0. The normalized spacial score (nSPS) is 22.5. The average molecular weight is 274 g/mol. The molecule has 1 saturated carbocycles. The molecule has 1 heterocycles. The van der Waals surface area contributed by atoms with Crippen LogP contribution in [-0.4, -0.2) is 24.7 Å². The molecule has 4 nitrogen and oxygen atoms in total. The van der Waals surface area contributed by atoms with Crippen molar-refractivity contribution in [2.45, 2.75) is 50.8 Å². The van der Waals surface area contributed by atoms with Crippen molar-refractivity contribution in [3.05, 3.63) is 29.8 Å². The van der Waals surface area contributed by atoms with Gasteiger partial charge in [0.1, 0.15) is 6.10 Å². The summed E-state index contributed by atoms with van der Waals surface area (Å²) in [6, 6.07) is 8.74. The molecule has 0 aromatic heterocycles. The van der Waals surface area contributed by atoms with Crippen molar-refractivity contribution in [3.8, 4) is 0 Å². The van der Waals surface area contributed by atoms with Crippen LogP contribution in [-0.2, 0) is 16.1 Å². The predicted molar refractivity (Wildman–Crippen MR) is 78.5 cm³/mol. The second kappa shape index (κ2) is 6.37. The number of nitrogens with one attached hydrogen (secondary N) is 2. The first-order valence-corrected chi connectivity index (χ1v) is 7.56. The van der Waals surface area contributed by atoms with Gasteiger partial charge in [0, 0.05) is 24.9 Å². The maximum absolute atomic E-state index is 12.1. The predicted octanol–water partition coefficient (Wildman–Crippen LogP) is 2.45. The average Bonchev–Trinajstić information content (AvgIpc) is 3.31. The molecule has 1 unspecified atom stereocenters. The van der Waals surface area contributed by atoms with Gasteiger partial charge in [-0.25, -0.2) is 0 Å². The van der Waals surface area contributed by atoms with Gasteiger partial charge in [-0.1, -0.05) is 12.1 Å². The van der Waals surface area contributed by atoms with Gasteiger partial charge in [0.15, 0.2) is 0 Å². The monoisotopic (exact) mass is 274 g/mol. The summed E-state index contributed by atoms with van der Waals surface area (Å²) in [5, 5.41) is 6.44. The van der Waals surface area contributed by atoms with Crippen molar-refractivity contribution in [2.75, 3.05) is 11.9 Å². The molecule has 1 aromatic carbocycles. The lowest BCUT2D eigenvalue weighted by atomic mass is 10.1. The second-order valence-corrected chi connectivity index (χ2v) is 5.70. The van der Waals surface area contributed by atoms with E-state index in [0.717, 1.165) is 31.5 Å². The quantitative estimate of drug-likeness (QED) is 0.867. The van der Waals surface area contributed by atoms with Crippen LogP contribution in [0.3, 0.4) is 0 Å². The topological polar surface area (TPSA) is 50.4 Å². The second-order valence-electron chi connectivity index (χ2n) is 5.70. The zero-order valence-corrected chi connectivity index (χ0v) is 11.7. The van der Waals surface area contributed by atoms with Gasteiger partial charge in [0.2, 0.25) is 0 Å². The number of ether oxygens (including phenoxy) is 1. The lowest BCUT2D eigenvalue weighted by Gasteiger charge is -2.21. The van der Waals surface area contributed by atoms with E-state index in [0.29, 0.717) is 12.6 Å². The van der Waals surface area contributed by atoms with Crippen LogP contribution in [0, 0.1) is 0 Å². The maximum Gasteiger partial charge on any atom is 0.253 e. The van der Waals surface area contributed by atoms with E-state index in [1.165, 1.54) is 18.4 Å². The van der Waals surface area contributed by atoms with Crippen LogP contribution >= 0.6 is 0 Å². The van der Waals surface area contributed by atoms with Crippen molar-refractivity contribution in [3.63, 3.8) is 0 Å². The molecule has 0 bridgehead atoms. The van der Waals surface area contributed by atoms with Crippen LogP contribution in [0.15, 0.2) is 24.3 Å². The molecule has 20 heavy (non-hydrogen) atoms. The highest BCUT2D eigenvalue weighted by Gasteiger charge is 2.22. The van der Waals surface area contributed by atoms with Crippen LogP contribution in [0.2, 0.25) is 0 Å². The molecular formula is C16H22N2O2. The van der Waals surface area contributed by atoms with Gasteiger partial charge in [0.25, 0.3) is 5.91 Å². The first-order chi connectivity index (χ1) is 9.81. The number of rotatable bonds is 5. The van der Waals surface area contributed by atoms with Gasteiger partial charge in [0.05, 0.1) is 0 Å². The summed E-state index contributed by atoms with van der Waals surface area (Å²) in [5.74, 6) is -0.0167. The molecule has 3 rings (SSSR count). The molecule has 1 aliphatic carbocycles. The number of anilines is 1. The summed E-state index contributed by atoms with van der Waals surface area (Å²) >= 11 is 0. The van der Waals surface area contributed by atoms with Crippen molar-refractivity contribution in [1.29, 1.82) is 0 Å². The van der Waals surface area contributed by atoms with Gasteiger partial charge < -0.3 is 15.4 Å². The van der Waals surface area contributed by atoms with Crippen molar-refractivity contribution >= 4 is 11.6 Å². The first kappa shape index (κ1) is 13.6. The Balaban J connectivity index is 1.55. The largest absolute Gasteiger partial charge is 0.368 e. The molecule has 1 amide bonds. The van der Waals surface area contributed by atoms with E-state index >= 15 is 0 Å². The molecule has 1 aromatic rings. The number of amides is 1. The van der Waals surface area contributed by atoms with E-state index in [9.17, 15) is 4.79 Å². The zero-order chi connectivity index (χ0) is 13.8. The third-order valence-corrected chi connectivity index (χ3v) is 3.84. The standard InChI is InChI=1S/C16H22N2O2/c19-16(15-6-1-2-9-20-15)18-14-5-3-4-12(10-14)11-17-13-7-8-13/h3-5,10,13,15,17H,1-2,6-9,11H2,(H,18,19). The first-order valence-electron chi connectivity index (χ1n) is 7.56. The van der Waals surface area contributed by atoms with Crippen LogP contribution in [0.5, 0.6) is 0 Å². The summed E-state index contributed by atoms with van der Waals surface area (Å²) in [6.07, 6.45) is 5.26. The van der Waals surface area contributed by atoms with Crippen molar-refractivity contribution < 1.29 is 9.53 Å². The van der Waals surface area contributed by atoms with Crippen molar-refractivity contribution in [2.24, 2.45) is 0 Å². The van der Waals surface area contributed by atoms with E-state index in [1.807, 2.05) is 18.2 Å². The Morgan fingerprint density at radius 3 is 2.90 bits per heavy atom. The summed E-state index contributed by atoms with van der Waals surface area (Å²) in [6.45, 7) is 1.57. The smallest absolute Gasteiger partial charge is 0.253 e. The molecule has 108 valence electrons. The lowest BCUT2D eigenvalue weighted by Crippen LogP contribution is -2.33. The Bertz CT molecular complexity index is 465. The van der Waals surface area contributed by atoms with Crippen LogP contribution < -0.4 is 10.6 Å². The summed E-state index contributed by atoms with van der Waals surface area (Å²) < 4.78 is 5.51. The van der Waals surface area contributed by atoms with Crippen LogP contribution in [0.4, 0.5) is 5.69 Å². The Morgan fingerprint density at radius 1 is 1.25 bits per heavy atom. The number of carbonyl (C=O) groups excluding carboxylic acids is 1. The van der Waals surface area contributed by atoms with E-state index < -0.39 is 0 Å². The Hall–Kier alpha value is -1.39. The molecule has 1 atom stereocenters. The third kappa shape index (κ3) is 3.81. The highest BCUT2D eigenvalue weighted by Crippen LogP contribution is 2.20. The fourth-order valence-electron chi connectivity index (χ4n) is 2.48. The maximum atomic E-state index is 12.1. The number of hydrogen-bond acceptors (Lipinski definition) is 3. The van der Waals surface area contributed by atoms with E-state index in [1.54, 1.807) is 0 Å². The Kier molecular flexibility index (Phi) is 4.33. The molecule has 1 saturated heterocycles. The van der Waals surface area contributed by atoms with Crippen LogP contribution in [0.1, 0.15) is 37.7 Å². The Morgan fingerprint density at radius 2 is 2.15 bits per heavy atom. The molecule has 4 heteroatoms.